The molecule has 0 unspecified atom stereocenters. The number of aliphatic hydroxyl groups is 1. The summed E-state index contributed by atoms with van der Waals surface area (Å²) in [6.45, 7) is 2.35. The summed E-state index contributed by atoms with van der Waals surface area (Å²) in [5.74, 6) is 0.573. The van der Waals surface area contributed by atoms with Gasteiger partial charge in [-0.3, -0.25) is 4.79 Å². The second kappa shape index (κ2) is 7.66. The first kappa shape index (κ1) is 16.1. The van der Waals surface area contributed by atoms with Crippen LogP contribution in [0.5, 0.6) is 0 Å². The van der Waals surface area contributed by atoms with E-state index in [1.165, 1.54) is 17.3 Å². The molecule has 5 nitrogen and oxygen atoms in total. The quantitative estimate of drug-likeness (QED) is 0.824. The van der Waals surface area contributed by atoms with Gasteiger partial charge in [-0.05, 0) is 18.4 Å². The van der Waals surface area contributed by atoms with Gasteiger partial charge in [-0.25, -0.2) is 4.98 Å². The van der Waals surface area contributed by atoms with Gasteiger partial charge in [-0.15, -0.1) is 0 Å². The van der Waals surface area contributed by atoms with Crippen LogP contribution >= 0.6 is 11.8 Å². The molecule has 6 heteroatoms. The monoisotopic (exact) mass is 331 g/mol. The second-order valence-electron chi connectivity index (χ2n) is 5.66. The number of carbonyl (C=O) groups is 1. The lowest BCUT2D eigenvalue weighted by molar-refractivity contribution is -0.127. The van der Waals surface area contributed by atoms with Gasteiger partial charge < -0.3 is 14.6 Å². The summed E-state index contributed by atoms with van der Waals surface area (Å²) >= 11 is 1.45. The van der Waals surface area contributed by atoms with Crippen molar-refractivity contribution >= 4 is 17.7 Å². The minimum atomic E-state index is -0.0879. The van der Waals surface area contributed by atoms with Crippen LogP contribution in [0.15, 0.2) is 41.7 Å². The summed E-state index contributed by atoms with van der Waals surface area (Å²) in [5.41, 5.74) is 1.80. The highest BCUT2D eigenvalue weighted by molar-refractivity contribution is 7.99. The Morgan fingerprint density at radius 1 is 1.22 bits per heavy atom. The molecule has 1 amide bonds. The van der Waals surface area contributed by atoms with E-state index in [2.05, 4.69) is 17.1 Å². The normalized spacial score (nSPS) is 14.4. The zero-order valence-corrected chi connectivity index (χ0v) is 13.8. The summed E-state index contributed by atoms with van der Waals surface area (Å²) in [5, 5.41) is 10.1. The van der Waals surface area contributed by atoms with Gasteiger partial charge in [0.2, 0.25) is 5.91 Å². The van der Waals surface area contributed by atoms with Crippen LogP contribution in [0.2, 0.25) is 0 Å². The SMILES string of the molecule is O=C(CSc1nc(CO)cn1Cc1ccccc1)N1CCCC1. The third-order valence-electron chi connectivity index (χ3n) is 3.93. The third-order valence-corrected chi connectivity index (χ3v) is 4.91. The fourth-order valence-corrected chi connectivity index (χ4v) is 3.62. The van der Waals surface area contributed by atoms with Gasteiger partial charge in [-0.1, -0.05) is 42.1 Å². The van der Waals surface area contributed by atoms with E-state index < -0.39 is 0 Å². The number of nitrogens with zero attached hydrogens (tertiary/aromatic N) is 3. The van der Waals surface area contributed by atoms with E-state index in [1.54, 1.807) is 0 Å². The van der Waals surface area contributed by atoms with Crippen molar-refractivity contribution in [2.75, 3.05) is 18.8 Å². The summed E-state index contributed by atoms with van der Waals surface area (Å²) in [7, 11) is 0. The highest BCUT2D eigenvalue weighted by atomic mass is 32.2. The molecule has 1 saturated heterocycles. The molecule has 2 aromatic rings. The number of aromatic nitrogens is 2. The minimum Gasteiger partial charge on any atom is -0.390 e. The number of rotatable bonds is 6. The van der Waals surface area contributed by atoms with Crippen LogP contribution in [0.3, 0.4) is 0 Å². The Balaban J connectivity index is 1.67. The van der Waals surface area contributed by atoms with E-state index in [1.807, 2.05) is 33.9 Å². The summed E-state index contributed by atoms with van der Waals surface area (Å²) in [4.78, 5) is 18.5. The first-order valence-electron chi connectivity index (χ1n) is 7.87. The van der Waals surface area contributed by atoms with E-state index in [0.717, 1.165) is 31.1 Å². The predicted octanol–water partition coefficient (Wildman–Crippen LogP) is 2.14. The molecule has 23 heavy (non-hydrogen) atoms. The molecule has 1 aliphatic heterocycles. The first-order valence-corrected chi connectivity index (χ1v) is 8.86. The number of aliphatic hydroxyl groups excluding tert-OH is 1. The van der Waals surface area contributed by atoms with E-state index >= 15 is 0 Å². The van der Waals surface area contributed by atoms with Crippen molar-refractivity contribution in [2.45, 2.75) is 31.1 Å². The molecular formula is C17H21N3O2S. The molecule has 0 saturated carbocycles. The van der Waals surface area contributed by atoms with E-state index in [4.69, 9.17) is 0 Å². The Morgan fingerprint density at radius 2 is 1.96 bits per heavy atom. The maximum atomic E-state index is 12.2. The van der Waals surface area contributed by atoms with Crippen LogP contribution in [-0.4, -0.2) is 44.3 Å². The largest absolute Gasteiger partial charge is 0.390 e. The molecule has 0 radical (unpaired) electrons. The number of likely N-dealkylation sites (tertiary alicyclic amines) is 1. The van der Waals surface area contributed by atoms with E-state index in [9.17, 15) is 9.90 Å². The minimum absolute atomic E-state index is 0.0879. The van der Waals surface area contributed by atoms with Gasteiger partial charge in [0, 0.05) is 25.8 Å². The van der Waals surface area contributed by atoms with Crippen molar-refractivity contribution in [3.63, 3.8) is 0 Å². The predicted molar refractivity (Wildman–Crippen MR) is 90.2 cm³/mol. The van der Waals surface area contributed by atoms with Gasteiger partial charge in [0.25, 0.3) is 0 Å². The average Bonchev–Trinajstić information content (AvgIpc) is 3.23. The Bertz CT molecular complexity index is 651. The lowest BCUT2D eigenvalue weighted by Crippen LogP contribution is -2.29. The van der Waals surface area contributed by atoms with E-state index in [-0.39, 0.29) is 12.5 Å². The van der Waals surface area contributed by atoms with Crippen LogP contribution < -0.4 is 0 Å². The van der Waals surface area contributed by atoms with Crippen molar-refractivity contribution in [2.24, 2.45) is 0 Å². The zero-order valence-electron chi connectivity index (χ0n) is 13.0. The average molecular weight is 331 g/mol. The van der Waals surface area contributed by atoms with Crippen LogP contribution in [0.25, 0.3) is 0 Å². The molecule has 122 valence electrons. The molecule has 0 atom stereocenters. The zero-order chi connectivity index (χ0) is 16.1. The number of hydrogen-bond acceptors (Lipinski definition) is 4. The highest BCUT2D eigenvalue weighted by Gasteiger charge is 2.19. The molecule has 0 aliphatic carbocycles. The highest BCUT2D eigenvalue weighted by Crippen LogP contribution is 2.21. The van der Waals surface area contributed by atoms with E-state index in [0.29, 0.717) is 18.0 Å². The third kappa shape index (κ3) is 4.14. The maximum Gasteiger partial charge on any atom is 0.233 e. The molecule has 2 heterocycles. The first-order chi connectivity index (χ1) is 11.3. The van der Waals surface area contributed by atoms with Crippen molar-refractivity contribution in [1.29, 1.82) is 0 Å². The molecule has 3 rings (SSSR count). The number of hydrogen-bond donors (Lipinski definition) is 1. The fraction of sp³-hybridized carbons (Fsp3) is 0.412. The molecule has 1 aromatic heterocycles. The molecule has 1 aliphatic rings. The molecule has 1 fully saturated rings. The summed E-state index contributed by atoms with van der Waals surface area (Å²) in [6, 6.07) is 10.1. The molecule has 1 N–H and O–H groups in total. The summed E-state index contributed by atoms with van der Waals surface area (Å²) < 4.78 is 2.00. The van der Waals surface area contributed by atoms with Crippen molar-refractivity contribution in [1.82, 2.24) is 14.5 Å². The van der Waals surface area contributed by atoms with Crippen LogP contribution in [0, 0.1) is 0 Å². The van der Waals surface area contributed by atoms with Gasteiger partial charge in [0.15, 0.2) is 5.16 Å². The Hall–Kier alpha value is -1.79. The van der Waals surface area contributed by atoms with Crippen molar-refractivity contribution < 1.29 is 9.90 Å². The second-order valence-corrected chi connectivity index (χ2v) is 6.61. The molecule has 1 aromatic carbocycles. The Kier molecular flexibility index (Phi) is 5.35. The van der Waals surface area contributed by atoms with Crippen molar-refractivity contribution in [3.05, 3.63) is 47.8 Å². The standard InChI is InChI=1S/C17H21N3O2S/c21-12-15-11-20(10-14-6-2-1-3-7-14)17(18-15)23-13-16(22)19-8-4-5-9-19/h1-3,6-7,11,21H,4-5,8-10,12-13H2. The number of benzene rings is 1. The van der Waals surface area contributed by atoms with Crippen LogP contribution in [0.1, 0.15) is 24.1 Å². The lowest BCUT2D eigenvalue weighted by Gasteiger charge is -2.14. The lowest BCUT2D eigenvalue weighted by atomic mass is 10.2. The van der Waals surface area contributed by atoms with Gasteiger partial charge in [-0.2, -0.15) is 0 Å². The smallest absolute Gasteiger partial charge is 0.233 e. The summed E-state index contributed by atoms with van der Waals surface area (Å²) in [6.07, 6.45) is 4.07. The van der Waals surface area contributed by atoms with Gasteiger partial charge >= 0.3 is 0 Å². The van der Waals surface area contributed by atoms with Crippen LogP contribution in [0.4, 0.5) is 0 Å². The molecule has 0 spiro atoms. The Morgan fingerprint density at radius 3 is 2.65 bits per heavy atom. The molecular weight excluding hydrogens is 310 g/mol. The van der Waals surface area contributed by atoms with Crippen molar-refractivity contribution in [3.8, 4) is 0 Å². The number of imidazole rings is 1. The number of carbonyl (C=O) groups excluding carboxylic acids is 1. The fourth-order valence-electron chi connectivity index (χ4n) is 2.72. The topological polar surface area (TPSA) is 58.4 Å². The number of amides is 1. The van der Waals surface area contributed by atoms with Crippen LogP contribution in [-0.2, 0) is 17.9 Å². The number of thioether (sulfide) groups is 1. The maximum absolute atomic E-state index is 12.2. The Labute approximate surface area is 140 Å². The van der Waals surface area contributed by atoms with Gasteiger partial charge in [0.05, 0.1) is 18.1 Å². The van der Waals surface area contributed by atoms with Gasteiger partial charge in [0.1, 0.15) is 0 Å². The molecule has 0 bridgehead atoms.